The highest BCUT2D eigenvalue weighted by atomic mass is 19.3. The summed E-state index contributed by atoms with van der Waals surface area (Å²) in [5.41, 5.74) is -0.136. The summed E-state index contributed by atoms with van der Waals surface area (Å²) in [4.78, 5) is 0. The van der Waals surface area contributed by atoms with Crippen LogP contribution in [-0.4, -0.2) is 6.61 Å². The summed E-state index contributed by atoms with van der Waals surface area (Å²) in [6, 6.07) is 6.69. The predicted octanol–water partition coefficient (Wildman–Crippen LogP) is 10.8. The first kappa shape index (κ1) is 31.6. The summed E-state index contributed by atoms with van der Waals surface area (Å²) in [6.07, 6.45) is 14.0. The molecule has 41 heavy (non-hydrogen) atoms. The van der Waals surface area contributed by atoms with Gasteiger partial charge in [0.2, 0.25) is 0 Å². The molecule has 2 fully saturated rings. The van der Waals surface area contributed by atoms with Crippen molar-refractivity contribution in [2.75, 3.05) is 0 Å². The average molecular weight is 585 g/mol. The molecule has 0 spiro atoms. The van der Waals surface area contributed by atoms with Crippen LogP contribution in [0.2, 0.25) is 0 Å². The molecule has 0 heterocycles. The fourth-order valence-corrected chi connectivity index (χ4v) is 6.81. The first-order valence-electron chi connectivity index (χ1n) is 15.2. The molecule has 2 aromatic carbocycles. The quantitative estimate of drug-likeness (QED) is 0.172. The fraction of sp³-hybridized carbons (Fsp3) is 0.636. The van der Waals surface area contributed by atoms with Crippen molar-refractivity contribution in [1.82, 2.24) is 0 Å². The van der Waals surface area contributed by atoms with E-state index >= 15 is 0 Å². The van der Waals surface area contributed by atoms with Crippen molar-refractivity contribution in [3.05, 3.63) is 59.2 Å². The lowest BCUT2D eigenvalue weighted by Crippen LogP contribution is -2.26. The van der Waals surface area contributed by atoms with Crippen LogP contribution in [0.4, 0.5) is 26.3 Å². The minimum absolute atomic E-state index is 0.173. The SMILES string of the molecule is CCCCCC1CCC(C2CCC(CCc3ccc(OC(F)(F)c4cc(F)c(OC(F)F)c(F)c4)cc3)CC2)CC1. The van der Waals surface area contributed by atoms with Gasteiger partial charge in [-0.05, 0) is 92.0 Å². The van der Waals surface area contributed by atoms with Gasteiger partial charge in [0.15, 0.2) is 17.4 Å². The van der Waals surface area contributed by atoms with Crippen LogP contribution >= 0.6 is 0 Å². The molecule has 4 rings (SSSR count). The van der Waals surface area contributed by atoms with Gasteiger partial charge in [-0.3, -0.25) is 0 Å². The van der Waals surface area contributed by atoms with Gasteiger partial charge in [0.25, 0.3) is 0 Å². The van der Waals surface area contributed by atoms with Gasteiger partial charge in [-0.15, -0.1) is 0 Å². The summed E-state index contributed by atoms with van der Waals surface area (Å²) in [5.74, 6) is -1.53. The zero-order valence-corrected chi connectivity index (χ0v) is 23.8. The van der Waals surface area contributed by atoms with E-state index in [0.29, 0.717) is 5.92 Å². The van der Waals surface area contributed by atoms with Gasteiger partial charge < -0.3 is 9.47 Å². The van der Waals surface area contributed by atoms with E-state index in [0.717, 1.165) is 36.2 Å². The molecule has 0 unspecified atom stereocenters. The lowest BCUT2D eigenvalue weighted by molar-refractivity contribution is -0.185. The maximum Gasteiger partial charge on any atom is 0.426 e. The van der Waals surface area contributed by atoms with Crippen LogP contribution in [0.5, 0.6) is 11.5 Å². The van der Waals surface area contributed by atoms with Gasteiger partial charge in [0.05, 0.1) is 5.56 Å². The van der Waals surface area contributed by atoms with Crippen molar-refractivity contribution in [3.63, 3.8) is 0 Å². The highest BCUT2D eigenvalue weighted by Gasteiger charge is 2.37. The predicted molar refractivity (Wildman–Crippen MR) is 147 cm³/mol. The van der Waals surface area contributed by atoms with Crippen LogP contribution in [-0.2, 0) is 12.5 Å². The molecule has 0 amide bonds. The first-order valence-corrected chi connectivity index (χ1v) is 15.2. The molecule has 0 N–H and O–H groups in total. The summed E-state index contributed by atoms with van der Waals surface area (Å²) in [5, 5.41) is 0. The molecule has 0 aromatic heterocycles. The van der Waals surface area contributed by atoms with Gasteiger partial charge in [-0.1, -0.05) is 70.4 Å². The lowest BCUT2D eigenvalue weighted by atomic mass is 9.68. The molecule has 0 aliphatic heterocycles. The van der Waals surface area contributed by atoms with Crippen LogP contribution in [0.3, 0.4) is 0 Å². The highest BCUT2D eigenvalue weighted by Crippen LogP contribution is 2.43. The maximum atomic E-state index is 14.6. The molecule has 0 bridgehead atoms. The van der Waals surface area contributed by atoms with Gasteiger partial charge in [-0.2, -0.15) is 17.6 Å². The third kappa shape index (κ3) is 9.05. The van der Waals surface area contributed by atoms with Crippen LogP contribution in [0.25, 0.3) is 0 Å². The normalized spacial score (nSPS) is 23.5. The minimum Gasteiger partial charge on any atom is -0.429 e. The second-order valence-corrected chi connectivity index (χ2v) is 12.0. The number of ether oxygens (including phenoxy) is 2. The van der Waals surface area contributed by atoms with Crippen molar-refractivity contribution in [2.45, 2.75) is 110 Å². The fourth-order valence-electron chi connectivity index (χ4n) is 6.81. The number of halogens is 6. The van der Waals surface area contributed by atoms with E-state index < -0.39 is 35.7 Å². The Bertz CT molecular complexity index is 1050. The average Bonchev–Trinajstić information content (AvgIpc) is 2.95. The molecule has 2 saturated carbocycles. The number of benzene rings is 2. The third-order valence-corrected chi connectivity index (χ3v) is 9.22. The van der Waals surface area contributed by atoms with E-state index in [4.69, 9.17) is 4.74 Å². The van der Waals surface area contributed by atoms with Crippen molar-refractivity contribution >= 4 is 0 Å². The Morgan fingerprint density at radius 2 is 1.32 bits per heavy atom. The van der Waals surface area contributed by atoms with E-state index in [1.54, 1.807) is 12.1 Å². The molecule has 0 atom stereocenters. The molecule has 2 aliphatic rings. The third-order valence-electron chi connectivity index (χ3n) is 9.22. The van der Waals surface area contributed by atoms with Crippen molar-refractivity contribution in [3.8, 4) is 11.5 Å². The first-order chi connectivity index (χ1) is 19.6. The van der Waals surface area contributed by atoms with Crippen LogP contribution in [0.15, 0.2) is 36.4 Å². The Kier molecular flexibility index (Phi) is 11.3. The molecule has 228 valence electrons. The standard InChI is InChI=1S/C33H42F6O2/c1-2-3-4-5-22-8-14-25(15-9-22)26-16-10-23(11-17-26)6-7-24-12-18-28(19-13-24)41-33(38,39)27-20-29(34)31(30(35)21-27)40-32(36)37/h12-13,18-23,25-26,32H,2-11,14-17H2,1H3. The molecule has 2 nitrogen and oxygen atoms in total. The van der Waals surface area contributed by atoms with E-state index in [1.165, 1.54) is 89.2 Å². The van der Waals surface area contributed by atoms with Gasteiger partial charge in [0, 0.05) is 0 Å². The number of hydrogen-bond donors (Lipinski definition) is 0. The second kappa shape index (κ2) is 14.7. The highest BCUT2D eigenvalue weighted by molar-refractivity contribution is 5.34. The van der Waals surface area contributed by atoms with Gasteiger partial charge >= 0.3 is 12.7 Å². The molecule has 8 heteroatoms. The molecular formula is C33H42F6O2. The summed E-state index contributed by atoms with van der Waals surface area (Å²) in [6.45, 7) is -1.23. The summed E-state index contributed by atoms with van der Waals surface area (Å²) >= 11 is 0. The number of rotatable bonds is 13. The smallest absolute Gasteiger partial charge is 0.426 e. The lowest BCUT2D eigenvalue weighted by Gasteiger charge is -2.38. The monoisotopic (exact) mass is 584 g/mol. The van der Waals surface area contributed by atoms with Gasteiger partial charge in [-0.25, -0.2) is 8.78 Å². The number of alkyl halides is 4. The zero-order chi connectivity index (χ0) is 29.4. The molecule has 2 aromatic rings. The Hall–Kier alpha value is -2.38. The van der Waals surface area contributed by atoms with E-state index in [9.17, 15) is 26.3 Å². The Labute approximate surface area is 239 Å². The Balaban J connectivity index is 1.20. The van der Waals surface area contributed by atoms with E-state index in [1.807, 2.05) is 0 Å². The van der Waals surface area contributed by atoms with Crippen molar-refractivity contribution in [1.29, 1.82) is 0 Å². The molecular weight excluding hydrogens is 542 g/mol. The number of unbranched alkanes of at least 4 members (excludes halogenated alkanes) is 2. The maximum absolute atomic E-state index is 14.6. The Morgan fingerprint density at radius 3 is 1.83 bits per heavy atom. The molecule has 0 radical (unpaired) electrons. The topological polar surface area (TPSA) is 18.5 Å². The second-order valence-electron chi connectivity index (χ2n) is 12.0. The number of hydrogen-bond acceptors (Lipinski definition) is 2. The van der Waals surface area contributed by atoms with Crippen LogP contribution in [0, 0.1) is 35.3 Å². The van der Waals surface area contributed by atoms with Crippen molar-refractivity contribution in [2.24, 2.45) is 23.7 Å². The number of aryl methyl sites for hydroxylation is 1. The minimum atomic E-state index is -4.08. The van der Waals surface area contributed by atoms with E-state index in [-0.39, 0.29) is 17.9 Å². The zero-order valence-electron chi connectivity index (χ0n) is 23.8. The Morgan fingerprint density at radius 1 is 0.780 bits per heavy atom. The largest absolute Gasteiger partial charge is 0.429 e. The van der Waals surface area contributed by atoms with Crippen LogP contribution in [0.1, 0.15) is 102 Å². The van der Waals surface area contributed by atoms with Gasteiger partial charge in [0.1, 0.15) is 5.75 Å². The summed E-state index contributed by atoms with van der Waals surface area (Å²) in [7, 11) is 0. The van der Waals surface area contributed by atoms with E-state index in [2.05, 4.69) is 11.7 Å². The molecule has 2 aliphatic carbocycles. The summed E-state index contributed by atoms with van der Waals surface area (Å²) < 4.78 is 90.1. The van der Waals surface area contributed by atoms with Crippen molar-refractivity contribution < 1.29 is 35.8 Å². The van der Waals surface area contributed by atoms with Crippen LogP contribution < -0.4 is 9.47 Å². The molecule has 0 saturated heterocycles.